The molecular weight excluding hydrogens is 208 g/mol. The van der Waals surface area contributed by atoms with Gasteiger partial charge < -0.3 is 10.2 Å². The quantitative estimate of drug-likeness (QED) is 0.815. The Morgan fingerprint density at radius 3 is 1.94 bits per heavy atom. The molecule has 0 heterocycles. The lowest BCUT2D eigenvalue weighted by Crippen LogP contribution is -2.42. The molecule has 0 spiro atoms. The molecular formula is C12H12O4. The van der Waals surface area contributed by atoms with Gasteiger partial charge >= 0.3 is 11.9 Å². The van der Waals surface area contributed by atoms with Gasteiger partial charge in [-0.05, 0) is 30.5 Å². The molecule has 1 aliphatic carbocycles. The van der Waals surface area contributed by atoms with Gasteiger partial charge in [-0.25, -0.2) is 4.79 Å². The van der Waals surface area contributed by atoms with Crippen molar-refractivity contribution in [3.8, 4) is 0 Å². The van der Waals surface area contributed by atoms with Crippen molar-refractivity contribution in [3.05, 3.63) is 35.4 Å². The van der Waals surface area contributed by atoms with Crippen molar-refractivity contribution in [3.63, 3.8) is 0 Å². The molecule has 0 bridgehead atoms. The van der Waals surface area contributed by atoms with Gasteiger partial charge in [-0.3, -0.25) is 4.79 Å². The Hall–Kier alpha value is -1.84. The summed E-state index contributed by atoms with van der Waals surface area (Å²) >= 11 is 0. The molecule has 0 radical (unpaired) electrons. The van der Waals surface area contributed by atoms with Gasteiger partial charge in [0.05, 0.1) is 11.0 Å². The maximum atomic E-state index is 11.2. The summed E-state index contributed by atoms with van der Waals surface area (Å²) in [4.78, 5) is 21.9. The number of rotatable bonds is 3. The molecule has 0 atom stereocenters. The second-order valence-corrected chi connectivity index (χ2v) is 4.12. The summed E-state index contributed by atoms with van der Waals surface area (Å²) in [6, 6.07) is 6.13. The summed E-state index contributed by atoms with van der Waals surface area (Å²) in [5.74, 6) is -1.81. The zero-order valence-corrected chi connectivity index (χ0v) is 8.64. The average Bonchev–Trinajstić information content (AvgIpc) is 2.16. The molecule has 0 unspecified atom stereocenters. The molecule has 0 saturated heterocycles. The van der Waals surface area contributed by atoms with Gasteiger partial charge in [-0.15, -0.1) is 0 Å². The highest BCUT2D eigenvalue weighted by atomic mass is 16.4. The van der Waals surface area contributed by atoms with Crippen molar-refractivity contribution in [2.75, 3.05) is 0 Å². The Morgan fingerprint density at radius 2 is 1.62 bits per heavy atom. The lowest BCUT2D eigenvalue weighted by molar-refractivity contribution is -0.147. The molecule has 1 aliphatic rings. The summed E-state index contributed by atoms with van der Waals surface area (Å²) < 4.78 is 0. The van der Waals surface area contributed by atoms with Crippen LogP contribution in [0.25, 0.3) is 0 Å². The van der Waals surface area contributed by atoms with Crippen LogP contribution in [-0.4, -0.2) is 22.2 Å². The first-order valence-corrected chi connectivity index (χ1v) is 5.13. The predicted molar refractivity (Wildman–Crippen MR) is 56.6 cm³/mol. The second-order valence-electron chi connectivity index (χ2n) is 4.12. The van der Waals surface area contributed by atoms with Crippen LogP contribution < -0.4 is 0 Å². The Morgan fingerprint density at radius 1 is 1.06 bits per heavy atom. The van der Waals surface area contributed by atoms with Gasteiger partial charge in [-0.2, -0.15) is 0 Å². The monoisotopic (exact) mass is 220 g/mol. The molecule has 0 amide bonds. The van der Waals surface area contributed by atoms with Crippen molar-refractivity contribution >= 4 is 11.9 Å². The number of carboxylic acids is 2. The van der Waals surface area contributed by atoms with E-state index in [1.165, 1.54) is 12.1 Å². The van der Waals surface area contributed by atoms with E-state index in [0.29, 0.717) is 18.4 Å². The van der Waals surface area contributed by atoms with Crippen molar-refractivity contribution in [2.45, 2.75) is 24.7 Å². The largest absolute Gasteiger partial charge is 0.481 e. The standard InChI is InChI=1S/C12H12O4/c13-10(14)8-2-4-9(5-3-8)12(11(15)16)6-1-7-12/h2-5H,1,6-7H2,(H,13,14)(H,15,16). The Labute approximate surface area is 92.5 Å². The van der Waals surface area contributed by atoms with Crippen LogP contribution in [0, 0.1) is 0 Å². The molecule has 0 aromatic heterocycles. The van der Waals surface area contributed by atoms with Gasteiger partial charge in [0.15, 0.2) is 0 Å². The Kier molecular flexibility index (Phi) is 2.42. The fraction of sp³-hybridized carbons (Fsp3) is 0.333. The minimum Gasteiger partial charge on any atom is -0.481 e. The molecule has 1 fully saturated rings. The fourth-order valence-electron chi connectivity index (χ4n) is 2.09. The zero-order chi connectivity index (χ0) is 11.8. The van der Waals surface area contributed by atoms with Gasteiger partial charge in [0, 0.05) is 0 Å². The zero-order valence-electron chi connectivity index (χ0n) is 8.64. The maximum absolute atomic E-state index is 11.2. The number of benzene rings is 1. The predicted octanol–water partition coefficient (Wildman–Crippen LogP) is 1.89. The molecule has 1 aromatic carbocycles. The van der Waals surface area contributed by atoms with Crippen LogP contribution in [-0.2, 0) is 10.2 Å². The molecule has 84 valence electrons. The van der Waals surface area contributed by atoms with E-state index in [1.807, 2.05) is 0 Å². The highest BCUT2D eigenvalue weighted by Crippen LogP contribution is 2.43. The van der Waals surface area contributed by atoms with Crippen LogP contribution in [0.15, 0.2) is 24.3 Å². The van der Waals surface area contributed by atoms with Crippen LogP contribution >= 0.6 is 0 Å². The smallest absolute Gasteiger partial charge is 0.335 e. The molecule has 2 N–H and O–H groups in total. The summed E-state index contributed by atoms with van der Waals surface area (Å²) in [5.41, 5.74) is 0.108. The number of carboxylic acid groups (broad SMARTS) is 2. The summed E-state index contributed by atoms with van der Waals surface area (Å²) in [6.07, 6.45) is 2.18. The van der Waals surface area contributed by atoms with Gasteiger partial charge in [0.25, 0.3) is 0 Å². The normalized spacial score (nSPS) is 17.5. The van der Waals surface area contributed by atoms with E-state index in [1.54, 1.807) is 12.1 Å². The molecule has 4 heteroatoms. The topological polar surface area (TPSA) is 74.6 Å². The second kappa shape index (κ2) is 3.63. The van der Waals surface area contributed by atoms with Crippen LogP contribution in [0.5, 0.6) is 0 Å². The first kappa shape index (κ1) is 10.7. The van der Waals surface area contributed by atoms with Crippen molar-refractivity contribution in [1.29, 1.82) is 0 Å². The molecule has 1 aromatic rings. The number of carbonyl (C=O) groups is 2. The Balaban J connectivity index is 2.34. The molecule has 4 nitrogen and oxygen atoms in total. The summed E-state index contributed by atoms with van der Waals surface area (Å²) in [7, 11) is 0. The average molecular weight is 220 g/mol. The first-order valence-electron chi connectivity index (χ1n) is 5.13. The fourth-order valence-corrected chi connectivity index (χ4v) is 2.09. The van der Waals surface area contributed by atoms with E-state index in [0.717, 1.165) is 6.42 Å². The summed E-state index contributed by atoms with van der Waals surface area (Å²) in [6.45, 7) is 0. The number of aliphatic carboxylic acids is 1. The molecule has 0 aliphatic heterocycles. The highest BCUT2D eigenvalue weighted by Gasteiger charge is 2.45. The molecule has 1 saturated carbocycles. The first-order chi connectivity index (χ1) is 7.56. The van der Waals surface area contributed by atoms with Gasteiger partial charge in [0.2, 0.25) is 0 Å². The van der Waals surface area contributed by atoms with Crippen molar-refractivity contribution in [1.82, 2.24) is 0 Å². The lowest BCUT2D eigenvalue weighted by atomic mass is 9.64. The maximum Gasteiger partial charge on any atom is 0.335 e. The number of hydrogen-bond donors (Lipinski definition) is 2. The van der Waals surface area contributed by atoms with E-state index in [2.05, 4.69) is 0 Å². The van der Waals surface area contributed by atoms with E-state index < -0.39 is 17.4 Å². The van der Waals surface area contributed by atoms with E-state index in [9.17, 15) is 14.7 Å². The minimum absolute atomic E-state index is 0.184. The number of aromatic carboxylic acids is 1. The van der Waals surface area contributed by atoms with E-state index in [-0.39, 0.29) is 5.56 Å². The third-order valence-corrected chi connectivity index (χ3v) is 3.30. The van der Waals surface area contributed by atoms with Crippen LogP contribution in [0.1, 0.15) is 35.2 Å². The molecule has 16 heavy (non-hydrogen) atoms. The summed E-state index contributed by atoms with van der Waals surface area (Å²) in [5, 5.41) is 17.9. The van der Waals surface area contributed by atoms with Crippen LogP contribution in [0.4, 0.5) is 0 Å². The van der Waals surface area contributed by atoms with Crippen LogP contribution in [0.3, 0.4) is 0 Å². The van der Waals surface area contributed by atoms with Gasteiger partial charge in [0.1, 0.15) is 0 Å². The third-order valence-electron chi connectivity index (χ3n) is 3.30. The highest BCUT2D eigenvalue weighted by molar-refractivity contribution is 5.88. The van der Waals surface area contributed by atoms with Crippen molar-refractivity contribution < 1.29 is 19.8 Å². The lowest BCUT2D eigenvalue weighted by Gasteiger charge is -2.38. The Bertz CT molecular complexity index is 429. The van der Waals surface area contributed by atoms with Gasteiger partial charge in [-0.1, -0.05) is 18.6 Å². The van der Waals surface area contributed by atoms with Crippen LogP contribution in [0.2, 0.25) is 0 Å². The van der Waals surface area contributed by atoms with E-state index in [4.69, 9.17) is 5.11 Å². The number of hydrogen-bond acceptors (Lipinski definition) is 2. The third kappa shape index (κ3) is 1.46. The SMILES string of the molecule is O=C(O)c1ccc(C2(C(=O)O)CCC2)cc1. The van der Waals surface area contributed by atoms with Crippen molar-refractivity contribution in [2.24, 2.45) is 0 Å². The minimum atomic E-state index is -0.996. The van der Waals surface area contributed by atoms with E-state index >= 15 is 0 Å². The molecule has 2 rings (SSSR count).